The van der Waals surface area contributed by atoms with E-state index in [4.69, 9.17) is 9.84 Å². The van der Waals surface area contributed by atoms with Crippen molar-refractivity contribution >= 4 is 17.7 Å². The van der Waals surface area contributed by atoms with Crippen molar-refractivity contribution in [3.63, 3.8) is 0 Å². The van der Waals surface area contributed by atoms with Gasteiger partial charge in [-0.05, 0) is 30.9 Å². The standard InChI is InChI=1S/C13H16O3S/c1-9(13(14)15)17-8-10-6-7-16-12-5-3-2-4-11(10)12/h2-5,9-10H,6-8H2,1H3,(H,14,15). The normalized spacial score (nSPS) is 20.2. The Hall–Kier alpha value is -1.16. The average molecular weight is 252 g/mol. The second-order valence-electron chi connectivity index (χ2n) is 4.19. The fourth-order valence-electron chi connectivity index (χ4n) is 1.92. The summed E-state index contributed by atoms with van der Waals surface area (Å²) in [6.07, 6.45) is 0.969. The second kappa shape index (κ2) is 5.45. The van der Waals surface area contributed by atoms with Crippen LogP contribution in [0.15, 0.2) is 24.3 Å². The van der Waals surface area contributed by atoms with Gasteiger partial charge < -0.3 is 9.84 Å². The van der Waals surface area contributed by atoms with E-state index in [0.29, 0.717) is 5.92 Å². The van der Waals surface area contributed by atoms with Crippen molar-refractivity contribution in [2.24, 2.45) is 0 Å². The molecule has 0 radical (unpaired) electrons. The first-order valence-corrected chi connectivity index (χ1v) is 6.79. The van der Waals surface area contributed by atoms with Gasteiger partial charge in [0.15, 0.2) is 0 Å². The average Bonchev–Trinajstić information content (AvgIpc) is 2.35. The lowest BCUT2D eigenvalue weighted by Crippen LogP contribution is -2.19. The third kappa shape index (κ3) is 2.94. The molecule has 1 heterocycles. The first-order valence-electron chi connectivity index (χ1n) is 5.74. The number of benzene rings is 1. The molecule has 17 heavy (non-hydrogen) atoms. The van der Waals surface area contributed by atoms with Crippen LogP contribution in [0.1, 0.15) is 24.8 Å². The van der Waals surface area contributed by atoms with E-state index in [1.807, 2.05) is 18.2 Å². The minimum atomic E-state index is -0.740. The third-order valence-electron chi connectivity index (χ3n) is 2.98. The third-order valence-corrected chi connectivity index (χ3v) is 4.27. The van der Waals surface area contributed by atoms with E-state index in [9.17, 15) is 4.79 Å². The van der Waals surface area contributed by atoms with Crippen molar-refractivity contribution < 1.29 is 14.6 Å². The summed E-state index contributed by atoms with van der Waals surface area (Å²) in [6.45, 7) is 2.46. The topological polar surface area (TPSA) is 46.5 Å². The first-order chi connectivity index (χ1) is 8.18. The first kappa shape index (κ1) is 12.3. The van der Waals surface area contributed by atoms with Crippen LogP contribution in [0.5, 0.6) is 5.75 Å². The predicted octanol–water partition coefficient (Wildman–Crippen LogP) is 2.76. The van der Waals surface area contributed by atoms with Gasteiger partial charge in [0, 0.05) is 5.75 Å². The van der Waals surface area contributed by atoms with Gasteiger partial charge >= 0.3 is 5.97 Å². The van der Waals surface area contributed by atoms with Crippen LogP contribution in [0, 0.1) is 0 Å². The predicted molar refractivity (Wildman–Crippen MR) is 68.9 cm³/mol. The monoisotopic (exact) mass is 252 g/mol. The number of thioether (sulfide) groups is 1. The Bertz CT molecular complexity index is 405. The molecule has 1 aliphatic heterocycles. The molecule has 2 rings (SSSR count). The molecule has 0 aliphatic carbocycles. The van der Waals surface area contributed by atoms with E-state index in [1.165, 1.54) is 17.3 Å². The molecular weight excluding hydrogens is 236 g/mol. The summed E-state index contributed by atoms with van der Waals surface area (Å²) in [5.41, 5.74) is 1.21. The Balaban J connectivity index is 2.01. The fraction of sp³-hybridized carbons (Fsp3) is 0.462. The minimum Gasteiger partial charge on any atom is -0.493 e. The summed E-state index contributed by atoms with van der Waals surface area (Å²) >= 11 is 1.50. The highest BCUT2D eigenvalue weighted by Crippen LogP contribution is 2.36. The van der Waals surface area contributed by atoms with Crippen LogP contribution in [0.3, 0.4) is 0 Å². The SMILES string of the molecule is CC(SCC1CCOc2ccccc21)C(=O)O. The zero-order valence-electron chi connectivity index (χ0n) is 9.76. The van der Waals surface area contributed by atoms with Crippen molar-refractivity contribution in [1.82, 2.24) is 0 Å². The van der Waals surface area contributed by atoms with Crippen LogP contribution < -0.4 is 4.74 Å². The number of carboxylic acids is 1. The van der Waals surface area contributed by atoms with E-state index in [-0.39, 0.29) is 5.25 Å². The Morgan fingerprint density at radius 3 is 3.12 bits per heavy atom. The van der Waals surface area contributed by atoms with E-state index in [0.717, 1.165) is 24.5 Å². The molecule has 1 N–H and O–H groups in total. The van der Waals surface area contributed by atoms with Gasteiger partial charge in [-0.2, -0.15) is 0 Å². The Morgan fingerprint density at radius 1 is 1.59 bits per heavy atom. The van der Waals surface area contributed by atoms with Crippen molar-refractivity contribution in [1.29, 1.82) is 0 Å². The zero-order valence-corrected chi connectivity index (χ0v) is 10.6. The van der Waals surface area contributed by atoms with Crippen LogP contribution in [0.2, 0.25) is 0 Å². The van der Waals surface area contributed by atoms with Crippen LogP contribution in [-0.4, -0.2) is 28.7 Å². The summed E-state index contributed by atoms with van der Waals surface area (Å²) in [5.74, 6) is 1.46. The molecule has 2 atom stereocenters. The number of hydrogen-bond donors (Lipinski definition) is 1. The van der Waals surface area contributed by atoms with Crippen molar-refractivity contribution in [3.05, 3.63) is 29.8 Å². The molecule has 0 saturated heterocycles. The summed E-state index contributed by atoms with van der Waals surface area (Å²) in [5, 5.41) is 8.52. The van der Waals surface area contributed by atoms with Crippen LogP contribution in [0.25, 0.3) is 0 Å². The smallest absolute Gasteiger partial charge is 0.316 e. The summed E-state index contributed by atoms with van der Waals surface area (Å²) in [4.78, 5) is 10.8. The van der Waals surface area contributed by atoms with Gasteiger partial charge in [0.1, 0.15) is 5.75 Å². The van der Waals surface area contributed by atoms with Gasteiger partial charge in [0.05, 0.1) is 11.9 Å². The largest absolute Gasteiger partial charge is 0.493 e. The number of rotatable bonds is 4. The fourth-order valence-corrected chi connectivity index (χ4v) is 2.93. The highest BCUT2D eigenvalue weighted by Gasteiger charge is 2.22. The molecule has 0 spiro atoms. The molecule has 0 amide bonds. The lowest BCUT2D eigenvalue weighted by atomic mass is 9.95. The molecule has 4 heteroatoms. The van der Waals surface area contributed by atoms with Gasteiger partial charge in [0.25, 0.3) is 0 Å². The summed E-state index contributed by atoms with van der Waals surface area (Å²) in [7, 11) is 0. The molecule has 1 aromatic carbocycles. The lowest BCUT2D eigenvalue weighted by molar-refractivity contribution is -0.136. The zero-order chi connectivity index (χ0) is 12.3. The molecule has 0 bridgehead atoms. The maximum absolute atomic E-state index is 10.8. The Labute approximate surface area is 105 Å². The lowest BCUT2D eigenvalue weighted by Gasteiger charge is -2.26. The molecule has 2 unspecified atom stereocenters. The number of para-hydroxylation sites is 1. The van der Waals surface area contributed by atoms with Gasteiger partial charge in [-0.3, -0.25) is 4.79 Å². The molecule has 92 valence electrons. The van der Waals surface area contributed by atoms with E-state index in [1.54, 1.807) is 6.92 Å². The van der Waals surface area contributed by atoms with Crippen LogP contribution in [0.4, 0.5) is 0 Å². The van der Waals surface area contributed by atoms with E-state index < -0.39 is 5.97 Å². The molecule has 1 aromatic rings. The highest BCUT2D eigenvalue weighted by molar-refractivity contribution is 8.00. The molecule has 0 fully saturated rings. The molecular formula is C13H16O3S. The maximum atomic E-state index is 10.8. The van der Waals surface area contributed by atoms with Gasteiger partial charge in [-0.15, -0.1) is 11.8 Å². The Kier molecular flexibility index (Phi) is 3.94. The second-order valence-corrected chi connectivity index (χ2v) is 5.56. The van der Waals surface area contributed by atoms with Crippen molar-refractivity contribution in [3.8, 4) is 5.75 Å². The molecule has 0 saturated carbocycles. The van der Waals surface area contributed by atoms with Crippen LogP contribution in [-0.2, 0) is 4.79 Å². The van der Waals surface area contributed by atoms with Crippen molar-refractivity contribution in [2.45, 2.75) is 24.5 Å². The van der Waals surface area contributed by atoms with Gasteiger partial charge in [-0.1, -0.05) is 18.2 Å². The van der Waals surface area contributed by atoms with Crippen molar-refractivity contribution in [2.75, 3.05) is 12.4 Å². The molecule has 0 aromatic heterocycles. The number of hydrogen-bond acceptors (Lipinski definition) is 3. The number of carboxylic acid groups (broad SMARTS) is 1. The number of ether oxygens (including phenoxy) is 1. The summed E-state index contributed by atoms with van der Waals surface area (Å²) in [6, 6.07) is 8.03. The molecule has 1 aliphatic rings. The molecule has 3 nitrogen and oxygen atoms in total. The quantitative estimate of drug-likeness (QED) is 0.895. The van der Waals surface area contributed by atoms with E-state index in [2.05, 4.69) is 6.07 Å². The van der Waals surface area contributed by atoms with Crippen LogP contribution >= 0.6 is 11.8 Å². The van der Waals surface area contributed by atoms with Gasteiger partial charge in [0.2, 0.25) is 0 Å². The highest BCUT2D eigenvalue weighted by atomic mass is 32.2. The number of aliphatic carboxylic acids is 1. The van der Waals surface area contributed by atoms with Gasteiger partial charge in [-0.25, -0.2) is 0 Å². The maximum Gasteiger partial charge on any atom is 0.316 e. The number of carbonyl (C=O) groups is 1. The Morgan fingerprint density at radius 2 is 2.35 bits per heavy atom. The summed E-state index contributed by atoms with van der Waals surface area (Å²) < 4.78 is 5.58. The van der Waals surface area contributed by atoms with E-state index >= 15 is 0 Å². The minimum absolute atomic E-state index is 0.343. The number of fused-ring (bicyclic) bond motifs is 1.